The van der Waals surface area contributed by atoms with Gasteiger partial charge in [0.05, 0.1) is 41.6 Å². The van der Waals surface area contributed by atoms with Crippen LogP contribution in [0.2, 0.25) is 0 Å². The molecule has 186 valence electrons. The van der Waals surface area contributed by atoms with E-state index in [-0.39, 0.29) is 11.3 Å². The summed E-state index contributed by atoms with van der Waals surface area (Å²) in [5, 5.41) is 11.6. The Morgan fingerprint density at radius 1 is 0.973 bits per heavy atom. The molecule has 1 amide bonds. The molecular weight excluding hydrogens is 492 g/mol. The van der Waals surface area contributed by atoms with Gasteiger partial charge in [-0.25, -0.2) is 9.78 Å². The van der Waals surface area contributed by atoms with Crippen LogP contribution in [0.15, 0.2) is 72.3 Å². The zero-order valence-corrected chi connectivity index (χ0v) is 21.0. The molecule has 0 saturated carbocycles. The molecule has 0 radical (unpaired) electrons. The van der Waals surface area contributed by atoms with Gasteiger partial charge in [-0.2, -0.15) is 0 Å². The molecule has 5 rings (SSSR count). The normalized spacial score (nSPS) is 16.8. The third kappa shape index (κ3) is 4.23. The Hall–Kier alpha value is -4.50. The van der Waals surface area contributed by atoms with E-state index in [9.17, 15) is 19.5 Å². The van der Waals surface area contributed by atoms with Crippen LogP contribution in [0.4, 0.5) is 5.13 Å². The number of ether oxygens (including phenoxy) is 2. The summed E-state index contributed by atoms with van der Waals surface area (Å²) in [7, 11) is 2.81. The van der Waals surface area contributed by atoms with E-state index in [4.69, 9.17) is 9.47 Å². The minimum absolute atomic E-state index is 0.0728. The molecule has 0 bridgehead atoms. The van der Waals surface area contributed by atoms with Gasteiger partial charge < -0.3 is 14.6 Å². The van der Waals surface area contributed by atoms with Crippen molar-refractivity contribution in [3.63, 3.8) is 0 Å². The number of ketones is 1. The Labute approximate surface area is 216 Å². The van der Waals surface area contributed by atoms with Gasteiger partial charge in [-0.05, 0) is 66.6 Å². The summed E-state index contributed by atoms with van der Waals surface area (Å²) in [5.41, 5.74) is 2.86. The lowest BCUT2D eigenvalue weighted by Crippen LogP contribution is -2.29. The van der Waals surface area contributed by atoms with Crippen LogP contribution in [0, 0.1) is 6.92 Å². The van der Waals surface area contributed by atoms with Crippen LogP contribution in [0.3, 0.4) is 0 Å². The number of hydrogen-bond acceptors (Lipinski definition) is 8. The lowest BCUT2D eigenvalue weighted by molar-refractivity contribution is -0.132. The van der Waals surface area contributed by atoms with Crippen molar-refractivity contribution in [2.75, 3.05) is 19.1 Å². The van der Waals surface area contributed by atoms with Crippen molar-refractivity contribution >= 4 is 50.1 Å². The number of aliphatic hydroxyl groups is 1. The minimum atomic E-state index is -0.963. The summed E-state index contributed by atoms with van der Waals surface area (Å²) in [6, 6.07) is 17.7. The predicted molar refractivity (Wildman–Crippen MR) is 140 cm³/mol. The minimum Gasteiger partial charge on any atom is -0.507 e. The number of aliphatic hydroxyl groups excluding tert-OH is 1. The van der Waals surface area contributed by atoms with E-state index in [1.54, 1.807) is 48.5 Å². The van der Waals surface area contributed by atoms with Crippen molar-refractivity contribution in [1.82, 2.24) is 4.98 Å². The van der Waals surface area contributed by atoms with E-state index in [0.29, 0.717) is 33.1 Å². The molecule has 2 heterocycles. The largest absolute Gasteiger partial charge is 0.507 e. The zero-order valence-electron chi connectivity index (χ0n) is 20.2. The molecular formula is C28H22N2O6S. The molecule has 9 heteroatoms. The number of amides is 1. The quantitative estimate of drug-likeness (QED) is 0.172. The Kier molecular flexibility index (Phi) is 6.22. The van der Waals surface area contributed by atoms with E-state index in [0.717, 1.165) is 10.3 Å². The number of benzene rings is 3. The van der Waals surface area contributed by atoms with Gasteiger partial charge in [-0.15, -0.1) is 0 Å². The van der Waals surface area contributed by atoms with Crippen molar-refractivity contribution in [2.24, 2.45) is 0 Å². The Bertz CT molecular complexity index is 1570. The van der Waals surface area contributed by atoms with Crippen LogP contribution in [0.25, 0.3) is 16.0 Å². The number of aromatic nitrogens is 1. The second-order valence-corrected chi connectivity index (χ2v) is 9.49. The first-order valence-corrected chi connectivity index (χ1v) is 12.1. The number of thiazole rings is 1. The SMILES string of the molecule is COC(=O)c1ccc(C2/C(=C(\O)c3ccc(OC)cc3)C(=O)C(=O)N2c2nc3ccc(C)cc3s2)cc1. The standard InChI is InChI=1S/C28H22N2O6S/c1-15-4-13-20-21(14-15)37-28(29-20)30-23(16-5-7-18(8-6-16)27(34)36-3)22(25(32)26(30)33)24(31)17-9-11-19(35-2)12-10-17/h4-14,23,31H,1-3H3/b24-22+. The molecule has 1 N–H and O–H groups in total. The van der Waals surface area contributed by atoms with Crippen LogP contribution in [0.1, 0.15) is 33.1 Å². The molecule has 0 spiro atoms. The van der Waals surface area contributed by atoms with E-state index in [1.165, 1.54) is 30.5 Å². The average molecular weight is 515 g/mol. The average Bonchev–Trinajstić information content (AvgIpc) is 3.45. The van der Waals surface area contributed by atoms with Crippen LogP contribution >= 0.6 is 11.3 Å². The molecule has 8 nitrogen and oxygen atoms in total. The van der Waals surface area contributed by atoms with Crippen molar-refractivity contribution in [3.05, 3.63) is 94.6 Å². The summed E-state index contributed by atoms with van der Waals surface area (Å²) in [6.45, 7) is 1.96. The fourth-order valence-electron chi connectivity index (χ4n) is 4.29. The number of hydrogen-bond donors (Lipinski definition) is 1. The number of anilines is 1. The number of methoxy groups -OCH3 is 2. The highest BCUT2D eigenvalue weighted by molar-refractivity contribution is 7.22. The van der Waals surface area contributed by atoms with Gasteiger partial charge >= 0.3 is 11.9 Å². The lowest BCUT2D eigenvalue weighted by atomic mass is 9.94. The van der Waals surface area contributed by atoms with Crippen LogP contribution in [-0.2, 0) is 14.3 Å². The van der Waals surface area contributed by atoms with E-state index in [2.05, 4.69) is 4.98 Å². The lowest BCUT2D eigenvalue weighted by Gasteiger charge is -2.23. The van der Waals surface area contributed by atoms with Crippen LogP contribution in [0.5, 0.6) is 5.75 Å². The van der Waals surface area contributed by atoms with Crippen molar-refractivity contribution in [1.29, 1.82) is 0 Å². The highest BCUT2D eigenvalue weighted by atomic mass is 32.1. The van der Waals surface area contributed by atoms with Crippen molar-refractivity contribution < 1.29 is 29.0 Å². The summed E-state index contributed by atoms with van der Waals surface area (Å²) >= 11 is 1.29. The summed E-state index contributed by atoms with van der Waals surface area (Å²) in [4.78, 5) is 44.7. The third-order valence-electron chi connectivity index (χ3n) is 6.19. The number of fused-ring (bicyclic) bond motifs is 1. The fourth-order valence-corrected chi connectivity index (χ4v) is 5.38. The second-order valence-electron chi connectivity index (χ2n) is 8.48. The molecule has 1 fully saturated rings. The summed E-state index contributed by atoms with van der Waals surface area (Å²) in [5.74, 6) is -1.88. The van der Waals surface area contributed by atoms with Gasteiger partial charge in [0.15, 0.2) is 5.13 Å². The molecule has 1 atom stereocenters. The van der Waals surface area contributed by atoms with Gasteiger partial charge in [-0.3, -0.25) is 14.5 Å². The first-order valence-electron chi connectivity index (χ1n) is 11.3. The molecule has 3 aromatic carbocycles. The van der Waals surface area contributed by atoms with Gasteiger partial charge in [0, 0.05) is 5.56 Å². The van der Waals surface area contributed by atoms with E-state index < -0.39 is 23.7 Å². The molecule has 1 aliphatic rings. The molecule has 1 aromatic heterocycles. The monoisotopic (exact) mass is 514 g/mol. The number of carbonyl (C=O) groups is 3. The Morgan fingerprint density at radius 2 is 1.65 bits per heavy atom. The molecule has 1 saturated heterocycles. The molecule has 4 aromatic rings. The number of carbonyl (C=O) groups excluding carboxylic acids is 3. The predicted octanol–water partition coefficient (Wildman–Crippen LogP) is 5.03. The van der Waals surface area contributed by atoms with Crippen molar-refractivity contribution in [2.45, 2.75) is 13.0 Å². The number of esters is 1. The first-order chi connectivity index (χ1) is 17.8. The summed E-state index contributed by atoms with van der Waals surface area (Å²) in [6.07, 6.45) is 0. The Balaban J connectivity index is 1.69. The molecule has 1 unspecified atom stereocenters. The third-order valence-corrected chi connectivity index (χ3v) is 7.21. The Morgan fingerprint density at radius 3 is 2.30 bits per heavy atom. The first kappa shape index (κ1) is 24.2. The maximum Gasteiger partial charge on any atom is 0.337 e. The molecule has 0 aliphatic carbocycles. The summed E-state index contributed by atoms with van der Waals surface area (Å²) < 4.78 is 10.8. The highest BCUT2D eigenvalue weighted by Crippen LogP contribution is 2.44. The fraction of sp³-hybridized carbons (Fsp3) is 0.143. The highest BCUT2D eigenvalue weighted by Gasteiger charge is 2.48. The van der Waals surface area contributed by atoms with Gasteiger partial charge in [0.1, 0.15) is 11.5 Å². The number of Topliss-reactive ketones (excluding diaryl/α,β-unsaturated/α-hetero) is 1. The second kappa shape index (κ2) is 9.51. The van der Waals surface area contributed by atoms with Crippen LogP contribution in [-0.4, -0.2) is 42.0 Å². The number of aryl methyl sites for hydroxylation is 1. The smallest absolute Gasteiger partial charge is 0.337 e. The van der Waals surface area contributed by atoms with Gasteiger partial charge in [-0.1, -0.05) is 29.5 Å². The van der Waals surface area contributed by atoms with Crippen molar-refractivity contribution in [3.8, 4) is 5.75 Å². The van der Waals surface area contributed by atoms with Gasteiger partial charge in [0.2, 0.25) is 0 Å². The number of rotatable bonds is 5. The maximum absolute atomic E-state index is 13.4. The van der Waals surface area contributed by atoms with Gasteiger partial charge in [0.25, 0.3) is 5.78 Å². The number of nitrogens with zero attached hydrogens (tertiary/aromatic N) is 2. The maximum atomic E-state index is 13.4. The molecule has 1 aliphatic heterocycles. The zero-order chi connectivity index (χ0) is 26.3. The van der Waals surface area contributed by atoms with Crippen LogP contribution < -0.4 is 9.64 Å². The van der Waals surface area contributed by atoms with E-state index in [1.807, 2.05) is 25.1 Å². The van der Waals surface area contributed by atoms with E-state index >= 15 is 0 Å². The topological polar surface area (TPSA) is 106 Å². The molecule has 37 heavy (non-hydrogen) atoms.